The van der Waals surface area contributed by atoms with Crippen LogP contribution in [0.4, 0.5) is 5.69 Å². The summed E-state index contributed by atoms with van der Waals surface area (Å²) in [6.07, 6.45) is 1.14. The summed E-state index contributed by atoms with van der Waals surface area (Å²) in [5, 5.41) is 7.33. The van der Waals surface area contributed by atoms with Crippen molar-refractivity contribution in [3.63, 3.8) is 0 Å². The minimum absolute atomic E-state index is 0.341. The zero-order chi connectivity index (χ0) is 25.2. The minimum Gasteiger partial charge on any atom is -0.490 e. The molecule has 0 heterocycles. The Morgan fingerprint density at radius 2 is 1.69 bits per heavy atom. The van der Waals surface area contributed by atoms with Crippen molar-refractivity contribution in [2.45, 2.75) is 33.8 Å². The quantitative estimate of drug-likeness (QED) is 0.224. The van der Waals surface area contributed by atoms with Gasteiger partial charge in [-0.1, -0.05) is 29.8 Å². The molecule has 182 valence electrons. The molecule has 3 rings (SSSR count). The summed E-state index contributed by atoms with van der Waals surface area (Å²) in [5.74, 6) is 0.216. The van der Waals surface area contributed by atoms with Crippen molar-refractivity contribution in [3.8, 4) is 11.5 Å². The standard InChI is InChI=1S/C27H28ClN3O4/c1-4-34-25-14-21(8-12-24(25)35-17-20-6-9-22(28)10-7-20)16-29-31-27(33)15-26(32)30-23-11-5-18(2)19(3)13-23/h5-14,16H,4,15,17H2,1-3H3,(H,30,32)(H,31,33). The maximum absolute atomic E-state index is 12.1. The van der Waals surface area contributed by atoms with Crippen LogP contribution in [0.3, 0.4) is 0 Å². The minimum atomic E-state index is -0.518. The van der Waals surface area contributed by atoms with Crippen molar-refractivity contribution < 1.29 is 19.1 Å². The summed E-state index contributed by atoms with van der Waals surface area (Å²) >= 11 is 5.92. The van der Waals surface area contributed by atoms with Crippen LogP contribution in [-0.2, 0) is 16.2 Å². The van der Waals surface area contributed by atoms with Crippen molar-refractivity contribution >= 4 is 35.3 Å². The number of nitrogens with zero attached hydrogens (tertiary/aromatic N) is 1. The average molecular weight is 494 g/mol. The molecule has 0 aliphatic rings. The number of ether oxygens (including phenoxy) is 2. The van der Waals surface area contributed by atoms with Crippen LogP contribution >= 0.6 is 11.6 Å². The highest BCUT2D eigenvalue weighted by Crippen LogP contribution is 2.29. The van der Waals surface area contributed by atoms with Crippen molar-refractivity contribution in [2.75, 3.05) is 11.9 Å². The van der Waals surface area contributed by atoms with E-state index in [2.05, 4.69) is 15.8 Å². The molecule has 2 amide bonds. The smallest absolute Gasteiger partial charge is 0.249 e. The molecule has 0 atom stereocenters. The Kier molecular flexibility index (Phi) is 9.26. The number of amides is 2. The molecule has 3 aromatic rings. The van der Waals surface area contributed by atoms with Crippen LogP contribution in [0.1, 0.15) is 35.6 Å². The van der Waals surface area contributed by atoms with Crippen LogP contribution in [-0.4, -0.2) is 24.6 Å². The Hall–Kier alpha value is -3.84. The lowest BCUT2D eigenvalue weighted by molar-refractivity contribution is -0.126. The number of carbonyl (C=O) groups excluding carboxylic acids is 2. The second-order valence-corrected chi connectivity index (χ2v) is 8.31. The van der Waals surface area contributed by atoms with Crippen LogP contribution in [0.15, 0.2) is 65.8 Å². The van der Waals surface area contributed by atoms with Crippen molar-refractivity contribution in [1.29, 1.82) is 0 Å². The molecule has 0 aliphatic heterocycles. The number of rotatable bonds is 10. The first kappa shape index (κ1) is 25.8. The van der Waals surface area contributed by atoms with Gasteiger partial charge in [0.15, 0.2) is 11.5 Å². The lowest BCUT2D eigenvalue weighted by atomic mass is 10.1. The summed E-state index contributed by atoms with van der Waals surface area (Å²) in [6.45, 7) is 6.66. The van der Waals surface area contributed by atoms with E-state index in [1.807, 2.05) is 57.2 Å². The van der Waals surface area contributed by atoms with Crippen LogP contribution in [0, 0.1) is 13.8 Å². The number of hydrogen-bond acceptors (Lipinski definition) is 5. The topological polar surface area (TPSA) is 89.0 Å². The van der Waals surface area contributed by atoms with Gasteiger partial charge in [-0.2, -0.15) is 5.10 Å². The highest BCUT2D eigenvalue weighted by atomic mass is 35.5. The molecule has 2 N–H and O–H groups in total. The first-order valence-corrected chi connectivity index (χ1v) is 11.5. The molecule has 0 fully saturated rings. The number of aryl methyl sites for hydroxylation is 2. The largest absolute Gasteiger partial charge is 0.490 e. The molecule has 0 saturated carbocycles. The third kappa shape index (κ3) is 8.15. The van der Waals surface area contributed by atoms with Gasteiger partial charge in [-0.3, -0.25) is 9.59 Å². The van der Waals surface area contributed by atoms with E-state index in [-0.39, 0.29) is 6.42 Å². The van der Waals surface area contributed by atoms with Crippen molar-refractivity contribution in [1.82, 2.24) is 5.43 Å². The molecule has 7 nitrogen and oxygen atoms in total. The summed E-state index contributed by atoms with van der Waals surface area (Å²) in [4.78, 5) is 24.2. The fourth-order valence-corrected chi connectivity index (χ4v) is 3.25. The number of benzene rings is 3. The van der Waals surface area contributed by atoms with E-state index in [1.54, 1.807) is 24.3 Å². The van der Waals surface area contributed by atoms with Gasteiger partial charge in [0.05, 0.1) is 12.8 Å². The van der Waals surface area contributed by atoms with Crippen molar-refractivity contribution in [3.05, 3.63) is 87.9 Å². The lowest BCUT2D eigenvalue weighted by Crippen LogP contribution is -2.24. The fourth-order valence-electron chi connectivity index (χ4n) is 3.12. The molecule has 3 aromatic carbocycles. The molecule has 0 unspecified atom stereocenters. The van der Waals surface area contributed by atoms with Gasteiger partial charge in [-0.15, -0.1) is 0 Å². The molecule has 0 bridgehead atoms. The van der Waals surface area contributed by atoms with Crippen molar-refractivity contribution in [2.24, 2.45) is 5.10 Å². The van der Waals surface area contributed by atoms with E-state index in [1.165, 1.54) is 6.21 Å². The second-order valence-electron chi connectivity index (χ2n) is 7.87. The normalized spacial score (nSPS) is 10.7. The lowest BCUT2D eigenvalue weighted by Gasteiger charge is -2.12. The van der Waals surface area contributed by atoms with E-state index in [4.69, 9.17) is 21.1 Å². The summed E-state index contributed by atoms with van der Waals surface area (Å²) in [7, 11) is 0. The summed E-state index contributed by atoms with van der Waals surface area (Å²) < 4.78 is 11.6. The van der Waals surface area contributed by atoms with Gasteiger partial charge in [0.1, 0.15) is 13.0 Å². The Bertz CT molecular complexity index is 1210. The van der Waals surface area contributed by atoms with E-state index in [9.17, 15) is 9.59 Å². The molecular weight excluding hydrogens is 466 g/mol. The number of hydrazone groups is 1. The summed E-state index contributed by atoms with van der Waals surface area (Å²) in [5.41, 5.74) is 6.89. The molecule has 35 heavy (non-hydrogen) atoms. The van der Waals surface area contributed by atoms with Gasteiger partial charge in [0.25, 0.3) is 0 Å². The third-order valence-corrected chi connectivity index (χ3v) is 5.34. The molecule has 0 aliphatic carbocycles. The van der Waals surface area contributed by atoms with Gasteiger partial charge in [0.2, 0.25) is 11.8 Å². The van der Waals surface area contributed by atoms with E-state index in [0.29, 0.717) is 41.0 Å². The fraction of sp³-hybridized carbons (Fsp3) is 0.222. The van der Waals surface area contributed by atoms with Gasteiger partial charge in [0, 0.05) is 10.7 Å². The predicted octanol–water partition coefficient (Wildman–Crippen LogP) is 5.41. The van der Waals surface area contributed by atoms with Gasteiger partial charge >= 0.3 is 0 Å². The zero-order valence-electron chi connectivity index (χ0n) is 19.9. The Labute approximate surface area is 210 Å². The molecule has 0 spiro atoms. The molecule has 0 saturated heterocycles. The second kappa shape index (κ2) is 12.6. The zero-order valence-corrected chi connectivity index (χ0v) is 20.7. The first-order chi connectivity index (χ1) is 16.8. The molecule has 0 aromatic heterocycles. The van der Waals surface area contributed by atoms with E-state index in [0.717, 1.165) is 16.7 Å². The number of halogens is 1. The Morgan fingerprint density at radius 3 is 2.40 bits per heavy atom. The highest BCUT2D eigenvalue weighted by Gasteiger charge is 2.10. The SMILES string of the molecule is CCOc1cc(C=NNC(=O)CC(=O)Nc2ccc(C)c(C)c2)ccc1OCc1ccc(Cl)cc1. The predicted molar refractivity (Wildman–Crippen MR) is 138 cm³/mol. The number of carbonyl (C=O) groups is 2. The number of nitrogens with one attached hydrogen (secondary N) is 2. The first-order valence-electron chi connectivity index (χ1n) is 11.2. The Balaban J connectivity index is 1.53. The number of anilines is 1. The van der Waals surface area contributed by atoms with Crippen LogP contribution < -0.4 is 20.2 Å². The monoisotopic (exact) mass is 493 g/mol. The van der Waals surface area contributed by atoms with Crippen LogP contribution in [0.2, 0.25) is 5.02 Å². The van der Waals surface area contributed by atoms with Crippen LogP contribution in [0.25, 0.3) is 0 Å². The van der Waals surface area contributed by atoms with Gasteiger partial charge in [-0.25, -0.2) is 5.43 Å². The van der Waals surface area contributed by atoms with E-state index < -0.39 is 11.8 Å². The number of hydrogen-bond donors (Lipinski definition) is 2. The van der Waals surface area contributed by atoms with Gasteiger partial charge < -0.3 is 14.8 Å². The van der Waals surface area contributed by atoms with E-state index >= 15 is 0 Å². The summed E-state index contributed by atoms with van der Waals surface area (Å²) in [6, 6.07) is 18.3. The average Bonchev–Trinajstić information content (AvgIpc) is 2.82. The van der Waals surface area contributed by atoms with Crippen LogP contribution in [0.5, 0.6) is 11.5 Å². The molecular formula is C27H28ClN3O4. The molecule has 8 heteroatoms. The third-order valence-electron chi connectivity index (χ3n) is 5.09. The maximum Gasteiger partial charge on any atom is 0.249 e. The maximum atomic E-state index is 12.1. The van der Waals surface area contributed by atoms with Gasteiger partial charge in [-0.05, 0) is 85.5 Å². The highest BCUT2D eigenvalue weighted by molar-refractivity contribution is 6.30. The Morgan fingerprint density at radius 1 is 0.914 bits per heavy atom. The molecule has 0 radical (unpaired) electrons.